The molecule has 0 spiro atoms. The maximum atomic E-state index is 3.80. The predicted molar refractivity (Wildman–Crippen MR) is 65.0 cm³/mol. The fourth-order valence-corrected chi connectivity index (χ4v) is 4.30. The molecule has 1 nitrogen and oxygen atoms in total. The Hall–Kier alpha value is 0.440. The van der Waals surface area contributed by atoms with E-state index < -0.39 is 0 Å². The number of piperidine rings is 1. The second-order valence-electron chi connectivity index (χ2n) is 5.04. The summed E-state index contributed by atoms with van der Waals surface area (Å²) in [6.07, 6.45) is 8.35. The lowest BCUT2D eigenvalue weighted by Crippen LogP contribution is -2.47. The number of halogens is 1. The zero-order chi connectivity index (χ0) is 10.1. The van der Waals surface area contributed by atoms with Crippen molar-refractivity contribution in [2.45, 2.75) is 75.3 Å². The third-order valence-corrected chi connectivity index (χ3v) is 4.70. The molecule has 2 heteroatoms. The molecule has 0 aromatic carbocycles. The summed E-state index contributed by atoms with van der Waals surface area (Å²) in [7, 11) is 0. The van der Waals surface area contributed by atoms with E-state index in [9.17, 15) is 0 Å². The molecule has 0 aromatic heterocycles. The Kier molecular flexibility index (Phi) is 3.54. The summed E-state index contributed by atoms with van der Waals surface area (Å²) in [4.78, 5) is 3.62. The van der Waals surface area contributed by atoms with Crippen LogP contribution in [-0.2, 0) is 0 Å². The molecule has 14 heavy (non-hydrogen) atoms. The first-order valence-electron chi connectivity index (χ1n) is 6.14. The van der Waals surface area contributed by atoms with Crippen molar-refractivity contribution in [3.63, 3.8) is 0 Å². The molecule has 3 unspecified atom stereocenters. The zero-order valence-electron chi connectivity index (χ0n) is 9.38. The molecule has 0 saturated carbocycles. The Morgan fingerprint density at radius 2 is 1.86 bits per heavy atom. The minimum absolute atomic E-state index is 0.796. The van der Waals surface area contributed by atoms with Gasteiger partial charge in [0.05, 0.1) is 0 Å². The highest BCUT2D eigenvalue weighted by molar-refractivity contribution is 9.09. The zero-order valence-corrected chi connectivity index (χ0v) is 11.0. The average Bonchev–Trinajstić information content (AvgIpc) is 2.39. The minimum atomic E-state index is 0.796. The van der Waals surface area contributed by atoms with Gasteiger partial charge in [0.25, 0.3) is 0 Å². The van der Waals surface area contributed by atoms with E-state index in [2.05, 4.69) is 34.7 Å². The van der Waals surface area contributed by atoms with Gasteiger partial charge >= 0.3 is 0 Å². The highest BCUT2D eigenvalue weighted by Gasteiger charge is 2.41. The Morgan fingerprint density at radius 1 is 1.29 bits per heavy atom. The number of rotatable bonds is 3. The molecule has 3 atom stereocenters. The van der Waals surface area contributed by atoms with E-state index in [0.29, 0.717) is 0 Å². The number of fused-ring (bicyclic) bond motifs is 2. The quantitative estimate of drug-likeness (QED) is 0.701. The number of alkyl halides is 1. The van der Waals surface area contributed by atoms with Crippen molar-refractivity contribution in [2.75, 3.05) is 0 Å². The summed E-state index contributed by atoms with van der Waals surface area (Å²) in [6, 6.07) is 2.59. The van der Waals surface area contributed by atoms with Gasteiger partial charge in [-0.25, -0.2) is 0 Å². The smallest absolute Gasteiger partial charge is 0.0175 e. The van der Waals surface area contributed by atoms with Gasteiger partial charge in [0.2, 0.25) is 0 Å². The van der Waals surface area contributed by atoms with Crippen LogP contribution >= 0.6 is 15.9 Å². The van der Waals surface area contributed by atoms with Crippen molar-refractivity contribution >= 4 is 15.9 Å². The first-order chi connectivity index (χ1) is 6.72. The molecule has 0 amide bonds. The number of hydrogen-bond donors (Lipinski definition) is 0. The largest absolute Gasteiger partial charge is 0.295 e. The molecule has 2 rings (SSSR count). The summed E-state index contributed by atoms with van der Waals surface area (Å²) in [5.74, 6) is 0. The van der Waals surface area contributed by atoms with E-state index >= 15 is 0 Å². The maximum absolute atomic E-state index is 3.80. The van der Waals surface area contributed by atoms with E-state index in [-0.39, 0.29) is 0 Å². The molecule has 2 aliphatic rings. The van der Waals surface area contributed by atoms with Crippen LogP contribution in [-0.4, -0.2) is 27.9 Å². The van der Waals surface area contributed by atoms with Gasteiger partial charge in [0, 0.05) is 23.0 Å². The van der Waals surface area contributed by atoms with Crippen molar-refractivity contribution in [2.24, 2.45) is 0 Å². The van der Waals surface area contributed by atoms with Crippen LogP contribution in [0.25, 0.3) is 0 Å². The van der Waals surface area contributed by atoms with Gasteiger partial charge in [-0.15, -0.1) is 0 Å². The molecule has 0 aromatic rings. The van der Waals surface area contributed by atoms with Crippen LogP contribution in [0.5, 0.6) is 0 Å². The molecule has 0 N–H and O–H groups in total. The Labute approximate surface area is 96.4 Å². The van der Waals surface area contributed by atoms with Crippen LogP contribution < -0.4 is 0 Å². The van der Waals surface area contributed by atoms with Gasteiger partial charge in [-0.2, -0.15) is 0 Å². The first kappa shape index (κ1) is 10.9. The monoisotopic (exact) mass is 259 g/mol. The molecular weight excluding hydrogens is 238 g/mol. The predicted octanol–water partition coefficient (Wildman–Crippen LogP) is 3.57. The Balaban J connectivity index is 1.99. The molecular formula is C12H22BrN. The standard InChI is InChI=1S/C12H22BrN/c1-3-4-9(2)14-11-5-6-12(14)8-10(13)7-11/h9-12H,3-8H2,1-2H3. The summed E-state index contributed by atoms with van der Waals surface area (Å²) in [5.41, 5.74) is 0. The van der Waals surface area contributed by atoms with Crippen LogP contribution in [0.15, 0.2) is 0 Å². The highest BCUT2D eigenvalue weighted by atomic mass is 79.9. The van der Waals surface area contributed by atoms with E-state index in [4.69, 9.17) is 0 Å². The van der Waals surface area contributed by atoms with Crippen LogP contribution in [0.1, 0.15) is 52.4 Å². The van der Waals surface area contributed by atoms with Gasteiger partial charge in [0.15, 0.2) is 0 Å². The lowest BCUT2D eigenvalue weighted by molar-refractivity contribution is 0.0940. The van der Waals surface area contributed by atoms with Crippen molar-refractivity contribution < 1.29 is 0 Å². The minimum Gasteiger partial charge on any atom is -0.295 e. The molecule has 2 heterocycles. The van der Waals surface area contributed by atoms with Crippen molar-refractivity contribution in [1.82, 2.24) is 4.90 Å². The van der Waals surface area contributed by atoms with Crippen molar-refractivity contribution in [3.05, 3.63) is 0 Å². The third-order valence-electron chi connectivity index (χ3n) is 3.95. The normalized spacial score (nSPS) is 40.1. The van der Waals surface area contributed by atoms with Crippen LogP contribution in [0.4, 0.5) is 0 Å². The first-order valence-corrected chi connectivity index (χ1v) is 7.05. The Morgan fingerprint density at radius 3 is 2.36 bits per heavy atom. The molecule has 0 aliphatic carbocycles. The molecule has 0 radical (unpaired) electrons. The fraction of sp³-hybridized carbons (Fsp3) is 1.00. The second kappa shape index (κ2) is 4.52. The highest BCUT2D eigenvalue weighted by Crippen LogP contribution is 2.40. The maximum Gasteiger partial charge on any atom is 0.0175 e. The lowest BCUT2D eigenvalue weighted by atomic mass is 9.99. The number of nitrogens with zero attached hydrogens (tertiary/aromatic N) is 1. The fourth-order valence-electron chi connectivity index (χ4n) is 3.43. The van der Waals surface area contributed by atoms with Gasteiger partial charge in [-0.1, -0.05) is 29.3 Å². The van der Waals surface area contributed by atoms with Crippen LogP contribution in [0.2, 0.25) is 0 Å². The van der Waals surface area contributed by atoms with Crippen molar-refractivity contribution in [1.29, 1.82) is 0 Å². The van der Waals surface area contributed by atoms with Gasteiger partial charge < -0.3 is 0 Å². The summed E-state index contributed by atoms with van der Waals surface area (Å²) >= 11 is 3.80. The number of hydrogen-bond acceptors (Lipinski definition) is 1. The van der Waals surface area contributed by atoms with E-state index in [1.54, 1.807) is 0 Å². The molecule has 2 saturated heterocycles. The lowest BCUT2D eigenvalue weighted by Gasteiger charge is -2.41. The van der Waals surface area contributed by atoms with E-state index in [1.807, 2.05) is 0 Å². The Bertz CT molecular complexity index is 181. The topological polar surface area (TPSA) is 3.24 Å². The molecule has 2 fully saturated rings. The average molecular weight is 260 g/mol. The van der Waals surface area contributed by atoms with Crippen LogP contribution in [0, 0.1) is 0 Å². The molecule has 2 bridgehead atoms. The van der Waals surface area contributed by atoms with Gasteiger partial charge in [0.1, 0.15) is 0 Å². The van der Waals surface area contributed by atoms with E-state index in [1.165, 1.54) is 38.5 Å². The van der Waals surface area contributed by atoms with Crippen molar-refractivity contribution in [3.8, 4) is 0 Å². The van der Waals surface area contributed by atoms with E-state index in [0.717, 1.165) is 23.0 Å². The van der Waals surface area contributed by atoms with Gasteiger partial charge in [-0.05, 0) is 39.0 Å². The molecule has 2 aliphatic heterocycles. The summed E-state index contributed by atoms with van der Waals surface area (Å²) in [5, 5.41) is 0. The summed E-state index contributed by atoms with van der Waals surface area (Å²) in [6.45, 7) is 4.72. The van der Waals surface area contributed by atoms with Crippen LogP contribution in [0.3, 0.4) is 0 Å². The second-order valence-corrected chi connectivity index (χ2v) is 6.33. The molecule has 82 valence electrons. The SMILES string of the molecule is CCCC(C)N1C2CCC1CC(Br)C2. The third kappa shape index (κ3) is 2.01. The van der Waals surface area contributed by atoms with Gasteiger partial charge in [-0.3, -0.25) is 4.90 Å². The summed E-state index contributed by atoms with van der Waals surface area (Å²) < 4.78 is 0.